The van der Waals surface area contributed by atoms with Gasteiger partial charge in [0.25, 0.3) is 0 Å². The average molecular weight is 254 g/mol. The van der Waals surface area contributed by atoms with Crippen LogP contribution in [0.25, 0.3) is 0 Å². The first kappa shape index (κ1) is 14.3. The van der Waals surface area contributed by atoms with Gasteiger partial charge in [0.15, 0.2) is 0 Å². The number of hydrogen-bond acceptors (Lipinski definition) is 3. The molecule has 3 nitrogen and oxygen atoms in total. The molecule has 3 unspecified atom stereocenters. The van der Waals surface area contributed by atoms with Crippen LogP contribution in [-0.4, -0.2) is 49.8 Å². The number of nitrogens with zero attached hydrogens (tertiary/aromatic N) is 1. The van der Waals surface area contributed by atoms with E-state index < -0.39 is 0 Å². The summed E-state index contributed by atoms with van der Waals surface area (Å²) in [4.78, 5) is 2.53. The van der Waals surface area contributed by atoms with Gasteiger partial charge in [-0.25, -0.2) is 0 Å². The molecule has 1 aliphatic carbocycles. The summed E-state index contributed by atoms with van der Waals surface area (Å²) in [6.07, 6.45) is 7.15. The SMILES string of the molecule is CCOCCN(CC)CC1CC2CCCCC2N1. The highest BCUT2D eigenvalue weighted by Gasteiger charge is 2.35. The molecule has 0 amide bonds. The summed E-state index contributed by atoms with van der Waals surface area (Å²) in [5.74, 6) is 0.967. The Hall–Kier alpha value is -0.120. The smallest absolute Gasteiger partial charge is 0.0593 e. The Morgan fingerprint density at radius 3 is 2.78 bits per heavy atom. The second-order valence-corrected chi connectivity index (χ2v) is 5.84. The highest BCUT2D eigenvalue weighted by molar-refractivity contribution is 4.93. The molecule has 1 aliphatic heterocycles. The lowest BCUT2D eigenvalue weighted by Crippen LogP contribution is -2.41. The van der Waals surface area contributed by atoms with Gasteiger partial charge in [0.2, 0.25) is 0 Å². The van der Waals surface area contributed by atoms with Crippen LogP contribution < -0.4 is 5.32 Å². The third-order valence-electron chi connectivity index (χ3n) is 4.63. The van der Waals surface area contributed by atoms with E-state index in [9.17, 15) is 0 Å². The summed E-state index contributed by atoms with van der Waals surface area (Å²) in [6.45, 7) is 9.47. The first-order chi connectivity index (χ1) is 8.83. The van der Waals surface area contributed by atoms with Gasteiger partial charge in [-0.05, 0) is 38.6 Å². The Morgan fingerprint density at radius 1 is 1.22 bits per heavy atom. The fraction of sp³-hybridized carbons (Fsp3) is 1.00. The van der Waals surface area contributed by atoms with Crippen molar-refractivity contribution in [2.45, 2.75) is 58.0 Å². The summed E-state index contributed by atoms with van der Waals surface area (Å²) in [6, 6.07) is 1.55. The van der Waals surface area contributed by atoms with Crippen molar-refractivity contribution in [1.29, 1.82) is 0 Å². The van der Waals surface area contributed by atoms with Gasteiger partial charge < -0.3 is 10.1 Å². The molecular formula is C15H30N2O. The molecule has 2 aliphatic rings. The lowest BCUT2D eigenvalue weighted by Gasteiger charge is -2.25. The van der Waals surface area contributed by atoms with Crippen LogP contribution in [0.2, 0.25) is 0 Å². The number of rotatable bonds is 7. The quantitative estimate of drug-likeness (QED) is 0.705. The third-order valence-corrected chi connectivity index (χ3v) is 4.63. The van der Waals surface area contributed by atoms with Crippen LogP contribution in [0.4, 0.5) is 0 Å². The van der Waals surface area contributed by atoms with Gasteiger partial charge in [0, 0.05) is 31.8 Å². The molecule has 1 heterocycles. The topological polar surface area (TPSA) is 24.5 Å². The van der Waals surface area contributed by atoms with Crippen molar-refractivity contribution in [3.8, 4) is 0 Å². The van der Waals surface area contributed by atoms with Gasteiger partial charge >= 0.3 is 0 Å². The lowest BCUT2D eigenvalue weighted by molar-refractivity contribution is 0.112. The molecule has 2 rings (SSSR count). The molecule has 106 valence electrons. The van der Waals surface area contributed by atoms with Gasteiger partial charge in [-0.1, -0.05) is 19.8 Å². The van der Waals surface area contributed by atoms with Crippen molar-refractivity contribution >= 4 is 0 Å². The van der Waals surface area contributed by atoms with E-state index in [1.807, 2.05) is 0 Å². The van der Waals surface area contributed by atoms with E-state index in [-0.39, 0.29) is 0 Å². The zero-order valence-electron chi connectivity index (χ0n) is 12.2. The molecular weight excluding hydrogens is 224 g/mol. The standard InChI is InChI=1S/C15H30N2O/c1-3-17(9-10-18-4-2)12-14-11-13-7-5-6-8-15(13)16-14/h13-16H,3-12H2,1-2H3. The van der Waals surface area contributed by atoms with Crippen molar-refractivity contribution in [1.82, 2.24) is 10.2 Å². The maximum Gasteiger partial charge on any atom is 0.0593 e. The summed E-state index contributed by atoms with van der Waals surface area (Å²) >= 11 is 0. The molecule has 3 atom stereocenters. The predicted molar refractivity (Wildman–Crippen MR) is 75.9 cm³/mol. The van der Waals surface area contributed by atoms with E-state index in [1.165, 1.54) is 38.6 Å². The van der Waals surface area contributed by atoms with Crippen molar-refractivity contribution in [2.75, 3.05) is 32.8 Å². The Balaban J connectivity index is 1.71. The molecule has 0 spiro atoms. The van der Waals surface area contributed by atoms with E-state index in [0.717, 1.165) is 44.3 Å². The van der Waals surface area contributed by atoms with Crippen LogP contribution in [-0.2, 0) is 4.74 Å². The van der Waals surface area contributed by atoms with Crippen LogP contribution in [0, 0.1) is 5.92 Å². The minimum Gasteiger partial charge on any atom is -0.380 e. The van der Waals surface area contributed by atoms with Crippen molar-refractivity contribution in [2.24, 2.45) is 5.92 Å². The van der Waals surface area contributed by atoms with E-state index in [1.54, 1.807) is 0 Å². The highest BCUT2D eigenvalue weighted by Crippen LogP contribution is 2.33. The Kier molecular flexibility index (Phi) is 5.93. The molecule has 3 heteroatoms. The Morgan fingerprint density at radius 2 is 2.06 bits per heavy atom. The predicted octanol–water partition coefficient (Wildman–Crippen LogP) is 2.27. The number of hydrogen-bond donors (Lipinski definition) is 1. The number of nitrogens with one attached hydrogen (secondary N) is 1. The number of ether oxygens (including phenoxy) is 1. The molecule has 0 aromatic rings. The Labute approximate surface area is 112 Å². The van der Waals surface area contributed by atoms with Crippen molar-refractivity contribution in [3.05, 3.63) is 0 Å². The first-order valence-electron chi connectivity index (χ1n) is 7.89. The molecule has 1 saturated carbocycles. The fourth-order valence-corrected chi connectivity index (χ4v) is 3.60. The summed E-state index contributed by atoms with van der Waals surface area (Å²) in [5.41, 5.74) is 0. The van der Waals surface area contributed by atoms with Gasteiger partial charge in [-0.3, -0.25) is 4.90 Å². The van der Waals surface area contributed by atoms with E-state index in [0.29, 0.717) is 0 Å². The lowest BCUT2D eigenvalue weighted by atomic mass is 9.85. The number of likely N-dealkylation sites (N-methyl/N-ethyl adjacent to an activating group) is 1. The fourth-order valence-electron chi connectivity index (χ4n) is 3.60. The zero-order chi connectivity index (χ0) is 12.8. The van der Waals surface area contributed by atoms with Gasteiger partial charge in [-0.2, -0.15) is 0 Å². The maximum atomic E-state index is 5.46. The second-order valence-electron chi connectivity index (χ2n) is 5.84. The van der Waals surface area contributed by atoms with E-state index >= 15 is 0 Å². The molecule has 0 aromatic carbocycles. The molecule has 1 N–H and O–H groups in total. The minimum atomic E-state index is 0.722. The third kappa shape index (κ3) is 3.94. The first-order valence-corrected chi connectivity index (χ1v) is 7.89. The normalized spacial score (nSPS) is 31.8. The van der Waals surface area contributed by atoms with Crippen molar-refractivity contribution < 1.29 is 4.74 Å². The molecule has 0 bridgehead atoms. The monoisotopic (exact) mass is 254 g/mol. The second kappa shape index (κ2) is 7.46. The van der Waals surface area contributed by atoms with Crippen LogP contribution in [0.1, 0.15) is 46.0 Å². The maximum absolute atomic E-state index is 5.46. The zero-order valence-corrected chi connectivity index (χ0v) is 12.2. The van der Waals surface area contributed by atoms with Crippen molar-refractivity contribution in [3.63, 3.8) is 0 Å². The average Bonchev–Trinajstić information content (AvgIpc) is 2.80. The van der Waals surface area contributed by atoms with Gasteiger partial charge in [0.1, 0.15) is 0 Å². The molecule has 18 heavy (non-hydrogen) atoms. The summed E-state index contributed by atoms with van der Waals surface area (Å²) in [7, 11) is 0. The summed E-state index contributed by atoms with van der Waals surface area (Å²) < 4.78 is 5.46. The minimum absolute atomic E-state index is 0.722. The summed E-state index contributed by atoms with van der Waals surface area (Å²) in [5, 5.41) is 3.87. The van der Waals surface area contributed by atoms with E-state index in [2.05, 4.69) is 24.1 Å². The molecule has 0 radical (unpaired) electrons. The number of fused-ring (bicyclic) bond motifs is 1. The van der Waals surface area contributed by atoms with Crippen LogP contribution >= 0.6 is 0 Å². The Bertz CT molecular complexity index is 221. The van der Waals surface area contributed by atoms with Gasteiger partial charge in [-0.15, -0.1) is 0 Å². The van der Waals surface area contributed by atoms with Crippen LogP contribution in [0.3, 0.4) is 0 Å². The largest absolute Gasteiger partial charge is 0.380 e. The highest BCUT2D eigenvalue weighted by atomic mass is 16.5. The molecule has 0 aromatic heterocycles. The molecule has 1 saturated heterocycles. The van der Waals surface area contributed by atoms with E-state index in [4.69, 9.17) is 4.74 Å². The van der Waals surface area contributed by atoms with Gasteiger partial charge in [0.05, 0.1) is 6.61 Å². The molecule has 2 fully saturated rings. The van der Waals surface area contributed by atoms with Crippen LogP contribution in [0.15, 0.2) is 0 Å². The van der Waals surface area contributed by atoms with Crippen LogP contribution in [0.5, 0.6) is 0 Å².